The number of imidazole rings is 1. The molecule has 1 saturated heterocycles. The number of aromatic nitrogens is 2. The summed E-state index contributed by atoms with van der Waals surface area (Å²) in [5.41, 5.74) is 3.38. The molecule has 5 rings (SSSR count). The van der Waals surface area contributed by atoms with Crippen LogP contribution < -0.4 is 4.90 Å². The number of benzene rings is 2. The van der Waals surface area contributed by atoms with Crippen LogP contribution >= 0.6 is 22.9 Å². The van der Waals surface area contributed by atoms with E-state index in [2.05, 4.69) is 9.88 Å². The third-order valence-corrected chi connectivity index (χ3v) is 6.46. The zero-order chi connectivity index (χ0) is 20.7. The summed E-state index contributed by atoms with van der Waals surface area (Å²) in [4.78, 5) is 22.6. The molecule has 8 heteroatoms. The number of carbonyl (C=O) groups is 1. The molecule has 0 saturated carbocycles. The number of nitrogens with zero attached hydrogens (tertiary/aromatic N) is 4. The lowest BCUT2D eigenvalue weighted by Gasteiger charge is -2.36. The van der Waals surface area contributed by atoms with Gasteiger partial charge in [0.1, 0.15) is 11.5 Å². The predicted molar refractivity (Wildman–Crippen MR) is 118 cm³/mol. The number of thiazole rings is 1. The van der Waals surface area contributed by atoms with Crippen LogP contribution in [-0.4, -0.2) is 46.4 Å². The van der Waals surface area contributed by atoms with Crippen LogP contribution in [0.4, 0.5) is 10.1 Å². The van der Waals surface area contributed by atoms with E-state index in [0.29, 0.717) is 31.9 Å². The van der Waals surface area contributed by atoms with Gasteiger partial charge in [-0.3, -0.25) is 9.20 Å². The summed E-state index contributed by atoms with van der Waals surface area (Å²) >= 11 is 7.37. The minimum atomic E-state index is -0.425. The Kier molecular flexibility index (Phi) is 4.92. The minimum Gasteiger partial charge on any atom is -0.368 e. The molecule has 2 aromatic heterocycles. The van der Waals surface area contributed by atoms with E-state index in [4.69, 9.17) is 11.6 Å². The van der Waals surface area contributed by atoms with E-state index < -0.39 is 5.82 Å². The Morgan fingerprint density at radius 1 is 1.07 bits per heavy atom. The Hall–Kier alpha value is -2.90. The van der Waals surface area contributed by atoms with Crippen molar-refractivity contribution >= 4 is 39.5 Å². The van der Waals surface area contributed by atoms with Gasteiger partial charge in [0.2, 0.25) is 0 Å². The molecule has 5 nitrogen and oxygen atoms in total. The van der Waals surface area contributed by atoms with Crippen molar-refractivity contribution in [2.45, 2.75) is 0 Å². The maximum atomic E-state index is 13.4. The molecule has 2 aromatic carbocycles. The van der Waals surface area contributed by atoms with Crippen LogP contribution in [0.2, 0.25) is 5.02 Å². The monoisotopic (exact) mass is 440 g/mol. The van der Waals surface area contributed by atoms with Crippen LogP contribution in [0.1, 0.15) is 10.5 Å². The first-order chi connectivity index (χ1) is 14.6. The largest absolute Gasteiger partial charge is 0.368 e. The highest BCUT2D eigenvalue weighted by atomic mass is 35.5. The molecule has 152 valence electrons. The van der Waals surface area contributed by atoms with Crippen LogP contribution in [0.25, 0.3) is 16.2 Å². The number of hydrogen-bond acceptors (Lipinski definition) is 4. The number of piperazine rings is 1. The maximum Gasteiger partial charge on any atom is 0.271 e. The highest BCUT2D eigenvalue weighted by Crippen LogP contribution is 2.26. The molecule has 1 aliphatic heterocycles. The first-order valence-electron chi connectivity index (χ1n) is 9.61. The normalized spacial score (nSPS) is 14.5. The van der Waals surface area contributed by atoms with E-state index in [1.54, 1.807) is 12.1 Å². The summed E-state index contributed by atoms with van der Waals surface area (Å²) < 4.78 is 15.3. The Bertz CT molecular complexity index is 1210. The molecule has 30 heavy (non-hydrogen) atoms. The molecule has 1 fully saturated rings. The molecule has 0 unspecified atom stereocenters. The van der Waals surface area contributed by atoms with Crippen LogP contribution in [0.15, 0.2) is 60.1 Å². The second kappa shape index (κ2) is 7.74. The zero-order valence-corrected chi connectivity index (χ0v) is 17.5. The summed E-state index contributed by atoms with van der Waals surface area (Å²) in [6, 6.07) is 14.7. The quantitative estimate of drug-likeness (QED) is 0.458. The van der Waals surface area contributed by atoms with Crippen LogP contribution in [0.5, 0.6) is 0 Å². The fraction of sp³-hybridized carbons (Fsp3) is 0.182. The van der Waals surface area contributed by atoms with Crippen molar-refractivity contribution in [1.29, 1.82) is 0 Å². The average Bonchev–Trinajstić information content (AvgIpc) is 3.37. The average molecular weight is 441 g/mol. The fourth-order valence-electron chi connectivity index (χ4n) is 3.70. The fourth-order valence-corrected chi connectivity index (χ4v) is 4.72. The van der Waals surface area contributed by atoms with Gasteiger partial charge in [0.05, 0.1) is 10.7 Å². The number of halogens is 2. The van der Waals surface area contributed by atoms with Crippen LogP contribution in [0.3, 0.4) is 0 Å². The second-order valence-corrected chi connectivity index (χ2v) is 8.39. The first-order valence-corrected chi connectivity index (χ1v) is 10.9. The third kappa shape index (κ3) is 3.44. The molecular formula is C22H18ClFN4OS. The smallest absolute Gasteiger partial charge is 0.271 e. The molecule has 0 spiro atoms. The van der Waals surface area contributed by atoms with Crippen molar-refractivity contribution < 1.29 is 9.18 Å². The highest BCUT2D eigenvalue weighted by molar-refractivity contribution is 7.15. The lowest BCUT2D eigenvalue weighted by Crippen LogP contribution is -2.49. The Morgan fingerprint density at radius 3 is 2.57 bits per heavy atom. The van der Waals surface area contributed by atoms with E-state index in [1.807, 2.05) is 51.2 Å². The molecule has 1 aliphatic rings. The SMILES string of the molecule is O=C(c1csc2nc(-c3ccccc3)cn12)N1CCN(c2ccc(F)c(Cl)c2)CC1. The van der Waals surface area contributed by atoms with Gasteiger partial charge in [-0.1, -0.05) is 41.9 Å². The molecule has 0 radical (unpaired) electrons. The zero-order valence-electron chi connectivity index (χ0n) is 16.0. The lowest BCUT2D eigenvalue weighted by atomic mass is 10.2. The molecule has 1 amide bonds. The van der Waals surface area contributed by atoms with E-state index in [9.17, 15) is 9.18 Å². The van der Waals surface area contributed by atoms with Gasteiger partial charge in [0, 0.05) is 49.0 Å². The number of amides is 1. The number of fused-ring (bicyclic) bond motifs is 1. The molecule has 0 N–H and O–H groups in total. The van der Waals surface area contributed by atoms with Gasteiger partial charge in [0.15, 0.2) is 4.96 Å². The molecule has 0 atom stereocenters. The maximum absolute atomic E-state index is 13.4. The Balaban J connectivity index is 1.32. The highest BCUT2D eigenvalue weighted by Gasteiger charge is 2.25. The number of anilines is 1. The number of hydrogen-bond donors (Lipinski definition) is 0. The van der Waals surface area contributed by atoms with Gasteiger partial charge < -0.3 is 9.80 Å². The summed E-state index contributed by atoms with van der Waals surface area (Å²) in [7, 11) is 0. The Labute approximate surface area is 181 Å². The van der Waals surface area contributed by atoms with Gasteiger partial charge in [-0.2, -0.15) is 0 Å². The van der Waals surface area contributed by atoms with E-state index in [-0.39, 0.29) is 10.9 Å². The van der Waals surface area contributed by atoms with E-state index in [0.717, 1.165) is 21.9 Å². The van der Waals surface area contributed by atoms with Gasteiger partial charge in [-0.15, -0.1) is 11.3 Å². The van der Waals surface area contributed by atoms with Gasteiger partial charge in [-0.05, 0) is 18.2 Å². The van der Waals surface area contributed by atoms with Crippen molar-refractivity contribution in [2.24, 2.45) is 0 Å². The summed E-state index contributed by atoms with van der Waals surface area (Å²) in [5, 5.41) is 1.98. The van der Waals surface area contributed by atoms with Crippen molar-refractivity contribution in [3.8, 4) is 11.3 Å². The van der Waals surface area contributed by atoms with E-state index in [1.165, 1.54) is 17.4 Å². The summed E-state index contributed by atoms with van der Waals surface area (Å²) in [5.74, 6) is -0.430. The van der Waals surface area contributed by atoms with Gasteiger partial charge >= 0.3 is 0 Å². The lowest BCUT2D eigenvalue weighted by molar-refractivity contribution is 0.0740. The molecule has 0 bridgehead atoms. The summed E-state index contributed by atoms with van der Waals surface area (Å²) in [6.07, 6.45) is 1.92. The Morgan fingerprint density at radius 2 is 1.83 bits per heavy atom. The minimum absolute atomic E-state index is 0.00458. The van der Waals surface area contributed by atoms with Gasteiger partial charge in [0.25, 0.3) is 5.91 Å². The second-order valence-electron chi connectivity index (χ2n) is 7.14. The standard InChI is InChI=1S/C22H18ClFN4OS/c23-17-12-16(6-7-18(17)24)26-8-10-27(11-9-26)21(29)20-14-30-22-25-19(13-28(20)22)15-4-2-1-3-5-15/h1-7,12-14H,8-11H2. The topological polar surface area (TPSA) is 40.9 Å². The molecule has 0 aliphatic carbocycles. The van der Waals surface area contributed by atoms with Crippen molar-refractivity contribution in [1.82, 2.24) is 14.3 Å². The van der Waals surface area contributed by atoms with Crippen LogP contribution in [0, 0.1) is 5.82 Å². The van der Waals surface area contributed by atoms with Crippen molar-refractivity contribution in [3.05, 3.63) is 76.6 Å². The van der Waals surface area contributed by atoms with Crippen molar-refractivity contribution in [2.75, 3.05) is 31.1 Å². The summed E-state index contributed by atoms with van der Waals surface area (Å²) in [6.45, 7) is 2.51. The number of rotatable bonds is 3. The first kappa shape index (κ1) is 19.1. The van der Waals surface area contributed by atoms with Crippen molar-refractivity contribution in [3.63, 3.8) is 0 Å². The number of carbonyl (C=O) groups excluding carboxylic acids is 1. The van der Waals surface area contributed by atoms with E-state index >= 15 is 0 Å². The molecule has 4 aromatic rings. The molecular weight excluding hydrogens is 423 g/mol. The molecule has 3 heterocycles. The third-order valence-electron chi connectivity index (χ3n) is 5.33. The van der Waals surface area contributed by atoms with Crippen LogP contribution in [-0.2, 0) is 0 Å². The predicted octanol–water partition coefficient (Wildman–Crippen LogP) is 4.82. The van der Waals surface area contributed by atoms with Gasteiger partial charge in [-0.25, -0.2) is 9.37 Å².